The zero-order valence-corrected chi connectivity index (χ0v) is 17.3. The van der Waals surface area contributed by atoms with E-state index in [0.717, 1.165) is 24.5 Å². The van der Waals surface area contributed by atoms with Crippen LogP contribution in [0.3, 0.4) is 0 Å². The van der Waals surface area contributed by atoms with Gasteiger partial charge < -0.3 is 19.4 Å². The molecule has 162 valence electrons. The number of aromatic nitrogens is 1. The van der Waals surface area contributed by atoms with Gasteiger partial charge in [-0.15, -0.1) is 6.42 Å². The number of methoxy groups -OCH3 is 1. The molecular weight excluding hydrogens is 392 g/mol. The van der Waals surface area contributed by atoms with E-state index in [0.29, 0.717) is 37.3 Å². The first kappa shape index (κ1) is 22.2. The van der Waals surface area contributed by atoms with Crippen molar-refractivity contribution < 1.29 is 23.0 Å². The molecule has 0 fully saturated rings. The molecule has 30 heavy (non-hydrogen) atoms. The first-order valence-electron chi connectivity index (χ1n) is 10.1. The van der Waals surface area contributed by atoms with E-state index in [1.54, 1.807) is 12.0 Å². The molecule has 0 spiro atoms. The molecule has 1 amide bonds. The Kier molecular flexibility index (Phi) is 7.43. The lowest BCUT2D eigenvalue weighted by atomic mass is 9.94. The van der Waals surface area contributed by atoms with Gasteiger partial charge in [-0.05, 0) is 30.5 Å². The molecule has 1 aromatic heterocycles. The van der Waals surface area contributed by atoms with Crippen LogP contribution in [0.2, 0.25) is 0 Å². The van der Waals surface area contributed by atoms with Gasteiger partial charge in [-0.25, -0.2) is 8.78 Å². The number of hydrogen-bond donors (Lipinski definition) is 2. The number of benzene rings is 1. The van der Waals surface area contributed by atoms with Gasteiger partial charge in [0.1, 0.15) is 11.6 Å². The molecule has 2 aromatic rings. The van der Waals surface area contributed by atoms with Crippen molar-refractivity contribution in [3.05, 3.63) is 35.0 Å². The molecule has 1 aromatic carbocycles. The number of unbranched alkanes of at least 4 members (excludes halogenated alkanes) is 1. The molecule has 0 bridgehead atoms. The predicted molar refractivity (Wildman–Crippen MR) is 110 cm³/mol. The summed E-state index contributed by atoms with van der Waals surface area (Å²) < 4.78 is 39.1. The van der Waals surface area contributed by atoms with Gasteiger partial charge in [0.25, 0.3) is 5.91 Å². The third kappa shape index (κ3) is 4.48. The molecule has 1 aliphatic rings. The number of amides is 1. The van der Waals surface area contributed by atoms with Gasteiger partial charge in [0.2, 0.25) is 0 Å². The average Bonchev–Trinajstić information content (AvgIpc) is 3.09. The molecule has 2 atom stereocenters. The normalized spacial score (nSPS) is 18.4. The summed E-state index contributed by atoms with van der Waals surface area (Å²) in [5.41, 5.74) is 1.59. The number of nitrogens with zero attached hydrogens (tertiary/aromatic N) is 1. The number of aromatic amines is 1. The Bertz CT molecular complexity index is 938. The lowest BCUT2D eigenvalue weighted by molar-refractivity contribution is -0.134. The number of rotatable bonds is 9. The van der Waals surface area contributed by atoms with Crippen LogP contribution in [-0.4, -0.2) is 55.4 Å². The first-order valence-corrected chi connectivity index (χ1v) is 10.1. The second kappa shape index (κ2) is 10.0. The number of terminal acetylenes is 1. The van der Waals surface area contributed by atoms with Crippen molar-refractivity contribution in [2.24, 2.45) is 0 Å². The maximum atomic E-state index is 14.4. The van der Waals surface area contributed by atoms with Gasteiger partial charge in [0.15, 0.2) is 0 Å². The topological polar surface area (TPSA) is 66.6 Å². The molecule has 0 unspecified atom stereocenters. The Hall–Kier alpha value is -2.47. The summed E-state index contributed by atoms with van der Waals surface area (Å²) in [6.45, 7) is 3.63. The summed E-state index contributed by atoms with van der Waals surface area (Å²) in [7, 11) is 1.57. The van der Waals surface area contributed by atoms with E-state index in [1.165, 1.54) is 6.07 Å². The molecule has 6 nitrogen and oxygen atoms in total. The number of H-pyrrole nitrogens is 1. The highest BCUT2D eigenvalue weighted by molar-refractivity contribution is 5.94. The lowest BCUT2D eigenvalue weighted by Gasteiger charge is -2.41. The molecule has 2 N–H and O–H groups in total. The molecule has 8 heteroatoms. The minimum Gasteiger partial charge on any atom is -0.382 e. The van der Waals surface area contributed by atoms with Gasteiger partial charge in [0.05, 0.1) is 37.5 Å². The van der Waals surface area contributed by atoms with Crippen LogP contribution < -0.4 is 5.32 Å². The van der Waals surface area contributed by atoms with Crippen molar-refractivity contribution in [3.63, 3.8) is 0 Å². The number of ether oxygens (including phenoxy) is 2. The molecule has 1 aliphatic heterocycles. The summed E-state index contributed by atoms with van der Waals surface area (Å²) in [4.78, 5) is 17.3. The van der Waals surface area contributed by atoms with Crippen LogP contribution in [0.5, 0.6) is 0 Å². The third-order valence-electron chi connectivity index (χ3n) is 5.34. The zero-order valence-electron chi connectivity index (χ0n) is 17.3. The van der Waals surface area contributed by atoms with E-state index in [-0.39, 0.29) is 12.1 Å². The Morgan fingerprint density at radius 2 is 2.20 bits per heavy atom. The van der Waals surface area contributed by atoms with E-state index >= 15 is 0 Å². The zero-order chi connectivity index (χ0) is 21.7. The van der Waals surface area contributed by atoms with E-state index in [4.69, 9.17) is 15.9 Å². The van der Waals surface area contributed by atoms with Crippen molar-refractivity contribution >= 4 is 16.8 Å². The summed E-state index contributed by atoms with van der Waals surface area (Å²) in [5, 5.41) is 3.84. The van der Waals surface area contributed by atoms with Crippen molar-refractivity contribution in [1.82, 2.24) is 15.2 Å². The van der Waals surface area contributed by atoms with Crippen LogP contribution in [-0.2, 0) is 20.7 Å². The summed E-state index contributed by atoms with van der Waals surface area (Å²) in [6, 6.07) is 1.59. The Morgan fingerprint density at radius 3 is 2.90 bits per heavy atom. The van der Waals surface area contributed by atoms with E-state index in [9.17, 15) is 13.6 Å². The van der Waals surface area contributed by atoms with Gasteiger partial charge >= 0.3 is 0 Å². The molecule has 2 heterocycles. The van der Waals surface area contributed by atoms with Crippen molar-refractivity contribution in [2.75, 3.05) is 33.5 Å². The van der Waals surface area contributed by atoms with Crippen LogP contribution in [0.4, 0.5) is 8.78 Å². The van der Waals surface area contributed by atoms with Crippen LogP contribution >= 0.6 is 0 Å². The van der Waals surface area contributed by atoms with Crippen LogP contribution in [0.25, 0.3) is 10.9 Å². The van der Waals surface area contributed by atoms with Crippen molar-refractivity contribution in [1.29, 1.82) is 0 Å². The van der Waals surface area contributed by atoms with Gasteiger partial charge in [-0.1, -0.05) is 13.3 Å². The Morgan fingerprint density at radius 1 is 1.40 bits per heavy atom. The molecule has 0 radical (unpaired) electrons. The highest BCUT2D eigenvalue weighted by Gasteiger charge is 2.39. The van der Waals surface area contributed by atoms with Crippen LogP contribution in [0.15, 0.2) is 12.1 Å². The molecular formula is C22H27F2N3O3. The minimum absolute atomic E-state index is 0.145. The number of nitrogens with one attached hydrogen (secondary N) is 2. The maximum Gasteiger partial charge on any atom is 0.300 e. The number of carbonyl (C=O) groups is 1. The van der Waals surface area contributed by atoms with E-state index in [2.05, 4.69) is 23.1 Å². The number of carbonyl (C=O) groups excluding carboxylic acids is 1. The van der Waals surface area contributed by atoms with E-state index in [1.807, 2.05) is 0 Å². The van der Waals surface area contributed by atoms with Crippen molar-refractivity contribution in [2.45, 2.75) is 38.4 Å². The fourth-order valence-corrected chi connectivity index (χ4v) is 3.92. The standard InChI is InChI=1S/C22H27F2N3O3/c1-4-6-7-25-19-12-16-15-10-14(23)11-17(24)21(15)26-22(16)18(13-30-9-8-29-3)27(19)20(28)5-2/h2,10-11,18-19,25-26H,4,6-9,12-13H2,1,3H3/t18-,19+/m0/s1. The number of halogens is 2. The SMILES string of the molecule is C#CC(=O)N1[C@@H](NCCCC)Cc2c([nH]c3c(F)cc(F)cc23)[C@@H]1COCCOC. The third-order valence-corrected chi connectivity index (χ3v) is 5.34. The van der Waals surface area contributed by atoms with Crippen LogP contribution in [0.1, 0.15) is 37.1 Å². The smallest absolute Gasteiger partial charge is 0.300 e. The monoisotopic (exact) mass is 419 g/mol. The molecule has 0 saturated carbocycles. The average molecular weight is 419 g/mol. The van der Waals surface area contributed by atoms with Gasteiger partial charge in [-0.3, -0.25) is 10.1 Å². The van der Waals surface area contributed by atoms with Crippen LogP contribution in [0, 0.1) is 24.0 Å². The largest absolute Gasteiger partial charge is 0.382 e. The summed E-state index contributed by atoms with van der Waals surface area (Å²) in [6.07, 6.45) is 7.33. The second-order valence-corrected chi connectivity index (χ2v) is 7.30. The molecule has 0 saturated heterocycles. The predicted octanol–water partition coefficient (Wildman–Crippen LogP) is 2.88. The Balaban J connectivity index is 2.05. The fraction of sp³-hybridized carbons (Fsp3) is 0.500. The summed E-state index contributed by atoms with van der Waals surface area (Å²) in [5.74, 6) is 0.382. The lowest BCUT2D eigenvalue weighted by Crippen LogP contribution is -2.55. The fourth-order valence-electron chi connectivity index (χ4n) is 3.92. The highest BCUT2D eigenvalue weighted by atomic mass is 19.1. The second-order valence-electron chi connectivity index (χ2n) is 7.30. The van der Waals surface area contributed by atoms with E-state index < -0.39 is 29.7 Å². The number of hydrogen-bond acceptors (Lipinski definition) is 4. The maximum absolute atomic E-state index is 14.4. The number of fused-ring (bicyclic) bond motifs is 3. The molecule has 0 aliphatic carbocycles. The van der Waals surface area contributed by atoms with Gasteiger partial charge in [0, 0.05) is 30.7 Å². The molecule has 3 rings (SSSR count). The highest BCUT2D eigenvalue weighted by Crippen LogP contribution is 2.38. The van der Waals surface area contributed by atoms with Gasteiger partial charge in [-0.2, -0.15) is 0 Å². The first-order chi connectivity index (χ1) is 14.5. The summed E-state index contributed by atoms with van der Waals surface area (Å²) >= 11 is 0. The minimum atomic E-state index is -0.677. The van der Waals surface area contributed by atoms with Crippen molar-refractivity contribution in [3.8, 4) is 12.3 Å². The Labute approximate surface area is 174 Å². The quantitative estimate of drug-likeness (QED) is 0.485.